The van der Waals surface area contributed by atoms with Crippen LogP contribution in [-0.2, 0) is 4.79 Å². The number of nitrogens with one attached hydrogen (secondary N) is 1. The summed E-state index contributed by atoms with van der Waals surface area (Å²) in [5.41, 5.74) is 0.505. The Morgan fingerprint density at radius 2 is 2.11 bits per heavy atom. The highest BCUT2D eigenvalue weighted by atomic mass is 35.5. The number of thioether (sulfide) groups is 1. The fourth-order valence-corrected chi connectivity index (χ4v) is 2.15. The Balaban J connectivity index is 2.55. The molecule has 0 bridgehead atoms. The monoisotopic (exact) mass is 322 g/mol. The van der Waals surface area contributed by atoms with Crippen LogP contribution in [0.2, 0.25) is 10.0 Å². The average Bonchev–Trinajstić information content (AvgIpc) is 2.32. The summed E-state index contributed by atoms with van der Waals surface area (Å²) in [6, 6.07) is 5.08. The minimum absolute atomic E-state index is 0.173. The van der Waals surface area contributed by atoms with Crippen molar-refractivity contribution in [1.82, 2.24) is 4.90 Å². The van der Waals surface area contributed by atoms with E-state index >= 15 is 0 Å². The van der Waals surface area contributed by atoms with Crippen molar-refractivity contribution in [2.24, 2.45) is 0 Å². The molecule has 0 fully saturated rings. The van der Waals surface area contributed by atoms with Gasteiger partial charge in [-0.3, -0.25) is 4.79 Å². The van der Waals surface area contributed by atoms with Crippen LogP contribution in [0.5, 0.6) is 0 Å². The normalized spacial score (nSPS) is 10.0. The summed E-state index contributed by atoms with van der Waals surface area (Å²) in [6.45, 7) is 0. The molecule has 0 aliphatic carbocycles. The van der Waals surface area contributed by atoms with Crippen LogP contribution in [0.4, 0.5) is 5.69 Å². The highest BCUT2D eigenvalue weighted by Gasteiger charge is 2.10. The Hall–Kier alpha value is -0.490. The number of nitrogens with zero attached hydrogens (tertiary/aromatic N) is 1. The van der Waals surface area contributed by atoms with Crippen LogP contribution < -0.4 is 5.32 Å². The third-order valence-corrected chi connectivity index (χ3v) is 4.47. The van der Waals surface area contributed by atoms with Gasteiger partial charge in [0.1, 0.15) is 4.32 Å². The molecule has 0 unspecified atom stereocenters. The SMILES string of the molecule is CN(C)C(=S)SCC(=O)Nc1cccc(Cl)c1Cl. The molecule has 1 aromatic rings. The maximum absolute atomic E-state index is 11.7. The average molecular weight is 323 g/mol. The van der Waals surface area contributed by atoms with Gasteiger partial charge >= 0.3 is 0 Å². The molecule has 0 aliphatic rings. The van der Waals surface area contributed by atoms with Gasteiger partial charge in [0.05, 0.1) is 21.5 Å². The van der Waals surface area contributed by atoms with Crippen LogP contribution >= 0.6 is 47.2 Å². The zero-order valence-corrected chi connectivity index (χ0v) is 13.0. The molecule has 1 amide bonds. The van der Waals surface area contributed by atoms with Gasteiger partial charge in [-0.15, -0.1) is 0 Å². The van der Waals surface area contributed by atoms with Crippen molar-refractivity contribution >= 4 is 63.1 Å². The number of hydrogen-bond donors (Lipinski definition) is 1. The highest BCUT2D eigenvalue weighted by Crippen LogP contribution is 2.29. The third kappa shape index (κ3) is 4.65. The lowest BCUT2D eigenvalue weighted by Gasteiger charge is -2.12. The maximum Gasteiger partial charge on any atom is 0.234 e. The quantitative estimate of drug-likeness (QED) is 0.863. The van der Waals surface area contributed by atoms with Crippen LogP contribution in [0.1, 0.15) is 0 Å². The predicted molar refractivity (Wildman–Crippen MR) is 83.8 cm³/mol. The van der Waals surface area contributed by atoms with Gasteiger partial charge < -0.3 is 10.2 Å². The van der Waals surface area contributed by atoms with E-state index in [1.807, 2.05) is 14.1 Å². The minimum Gasteiger partial charge on any atom is -0.364 e. The smallest absolute Gasteiger partial charge is 0.234 e. The molecule has 1 N–H and O–H groups in total. The van der Waals surface area contributed by atoms with E-state index in [-0.39, 0.29) is 11.7 Å². The summed E-state index contributed by atoms with van der Waals surface area (Å²) in [7, 11) is 3.67. The Bertz CT molecular complexity index is 466. The first kappa shape index (κ1) is 15.6. The van der Waals surface area contributed by atoms with Crippen molar-refractivity contribution in [3.63, 3.8) is 0 Å². The van der Waals surface area contributed by atoms with E-state index in [1.54, 1.807) is 23.1 Å². The van der Waals surface area contributed by atoms with Crippen molar-refractivity contribution in [2.45, 2.75) is 0 Å². The Kier molecular flexibility index (Phi) is 6.21. The second kappa shape index (κ2) is 7.19. The second-order valence-corrected chi connectivity index (χ2v) is 5.99. The molecular weight excluding hydrogens is 311 g/mol. The number of anilines is 1. The predicted octanol–water partition coefficient (Wildman–Crippen LogP) is 3.51. The van der Waals surface area contributed by atoms with Crippen LogP contribution in [0.15, 0.2) is 18.2 Å². The van der Waals surface area contributed by atoms with Crippen LogP contribution in [0.25, 0.3) is 0 Å². The van der Waals surface area contributed by atoms with Gasteiger partial charge in [-0.1, -0.05) is 53.2 Å². The van der Waals surface area contributed by atoms with Gasteiger partial charge in [0, 0.05) is 14.1 Å². The van der Waals surface area contributed by atoms with E-state index in [9.17, 15) is 4.79 Å². The van der Waals surface area contributed by atoms with Crippen LogP contribution in [-0.4, -0.2) is 35.0 Å². The first-order chi connectivity index (χ1) is 8.41. The van der Waals surface area contributed by atoms with Crippen molar-refractivity contribution in [2.75, 3.05) is 25.2 Å². The first-order valence-corrected chi connectivity index (χ1v) is 7.14. The molecule has 0 saturated heterocycles. The van der Waals surface area contributed by atoms with E-state index in [0.29, 0.717) is 20.1 Å². The zero-order chi connectivity index (χ0) is 13.7. The van der Waals surface area contributed by atoms with Crippen molar-refractivity contribution in [3.8, 4) is 0 Å². The number of amides is 1. The summed E-state index contributed by atoms with van der Waals surface area (Å²) in [4.78, 5) is 13.5. The number of thiocarbonyl (C=S) groups is 1. The molecule has 98 valence electrons. The maximum atomic E-state index is 11.7. The topological polar surface area (TPSA) is 32.3 Å². The molecule has 7 heteroatoms. The van der Waals surface area contributed by atoms with Gasteiger partial charge in [-0.05, 0) is 12.1 Å². The molecule has 18 heavy (non-hydrogen) atoms. The van der Waals surface area contributed by atoms with Gasteiger partial charge in [0.25, 0.3) is 0 Å². The number of hydrogen-bond acceptors (Lipinski definition) is 3. The van der Waals surface area contributed by atoms with Crippen molar-refractivity contribution in [3.05, 3.63) is 28.2 Å². The zero-order valence-electron chi connectivity index (χ0n) is 9.87. The van der Waals surface area contributed by atoms with Gasteiger partial charge in [0.2, 0.25) is 5.91 Å². The molecule has 0 spiro atoms. The second-order valence-electron chi connectivity index (χ2n) is 3.60. The first-order valence-electron chi connectivity index (χ1n) is 4.99. The van der Waals surface area contributed by atoms with E-state index in [4.69, 9.17) is 35.4 Å². The summed E-state index contributed by atoms with van der Waals surface area (Å²) >= 11 is 18.2. The van der Waals surface area contributed by atoms with Gasteiger partial charge in [-0.2, -0.15) is 0 Å². The Morgan fingerprint density at radius 3 is 2.72 bits per heavy atom. The molecule has 1 rings (SSSR count). The summed E-state index contributed by atoms with van der Waals surface area (Å²) < 4.78 is 0.655. The molecule has 0 aromatic heterocycles. The molecule has 3 nitrogen and oxygen atoms in total. The summed E-state index contributed by atoms with van der Waals surface area (Å²) in [5, 5.41) is 3.44. The van der Waals surface area contributed by atoms with Crippen molar-refractivity contribution < 1.29 is 4.79 Å². The molecule has 0 saturated carbocycles. The molecule has 1 aromatic carbocycles. The lowest BCUT2D eigenvalue weighted by Crippen LogP contribution is -2.20. The lowest BCUT2D eigenvalue weighted by atomic mass is 10.3. The molecular formula is C11H12Cl2N2OS2. The molecule has 0 atom stereocenters. The lowest BCUT2D eigenvalue weighted by molar-refractivity contribution is -0.113. The Labute approximate surface area is 126 Å². The number of carbonyl (C=O) groups is 1. The summed E-state index contributed by atoms with van der Waals surface area (Å²) in [5.74, 6) is 0.0632. The highest BCUT2D eigenvalue weighted by molar-refractivity contribution is 8.23. The standard InChI is InChI=1S/C11H12Cl2N2OS2/c1-15(2)11(17)18-6-9(16)14-8-5-3-4-7(12)10(8)13/h3-5H,6H2,1-2H3,(H,14,16). The van der Waals surface area contributed by atoms with E-state index in [1.165, 1.54) is 11.8 Å². The van der Waals surface area contributed by atoms with Gasteiger partial charge in [0.15, 0.2) is 0 Å². The number of carbonyl (C=O) groups excluding carboxylic acids is 1. The summed E-state index contributed by atoms with van der Waals surface area (Å²) in [6.07, 6.45) is 0. The van der Waals surface area contributed by atoms with Crippen LogP contribution in [0.3, 0.4) is 0 Å². The molecule has 0 radical (unpaired) electrons. The Morgan fingerprint density at radius 1 is 1.44 bits per heavy atom. The van der Waals surface area contributed by atoms with Crippen molar-refractivity contribution in [1.29, 1.82) is 0 Å². The number of benzene rings is 1. The number of rotatable bonds is 3. The van der Waals surface area contributed by atoms with Gasteiger partial charge in [-0.25, -0.2) is 0 Å². The van der Waals surface area contributed by atoms with E-state index in [2.05, 4.69) is 5.32 Å². The van der Waals surface area contributed by atoms with E-state index in [0.717, 1.165) is 0 Å². The largest absolute Gasteiger partial charge is 0.364 e. The molecule has 0 heterocycles. The molecule has 0 aliphatic heterocycles. The number of halogens is 2. The third-order valence-electron chi connectivity index (χ3n) is 1.92. The van der Waals surface area contributed by atoms with E-state index < -0.39 is 0 Å². The minimum atomic E-state index is -0.173. The fourth-order valence-electron chi connectivity index (χ4n) is 1.04. The fraction of sp³-hybridized carbons (Fsp3) is 0.273. The van der Waals surface area contributed by atoms with Crippen LogP contribution in [0, 0.1) is 0 Å².